The number of nitrogens with zero attached hydrogens (tertiary/aromatic N) is 3. The normalized spacial score (nSPS) is 10.9. The van der Waals surface area contributed by atoms with Gasteiger partial charge in [0, 0.05) is 13.1 Å². The van der Waals surface area contributed by atoms with Crippen molar-refractivity contribution in [3.63, 3.8) is 0 Å². The van der Waals surface area contributed by atoms with Gasteiger partial charge >= 0.3 is 0 Å². The Bertz CT molecular complexity index is 363. The molecular formula is C12H21N3OS. The summed E-state index contributed by atoms with van der Waals surface area (Å²) in [5.74, 6) is 0. The minimum absolute atomic E-state index is 0.742. The summed E-state index contributed by atoms with van der Waals surface area (Å²) in [5.41, 5.74) is 0.839. The molecule has 4 nitrogen and oxygen atoms in total. The Balaban J connectivity index is 2.62. The molecule has 0 saturated carbocycles. The fourth-order valence-electron chi connectivity index (χ4n) is 1.60. The summed E-state index contributed by atoms with van der Waals surface area (Å²) in [6.45, 7) is 6.99. The van der Waals surface area contributed by atoms with Gasteiger partial charge in [-0.2, -0.15) is 0 Å². The summed E-state index contributed by atoms with van der Waals surface area (Å²) in [6.07, 6.45) is 2.00. The summed E-state index contributed by atoms with van der Waals surface area (Å²) >= 11 is 1.48. The Labute approximate surface area is 107 Å². The average Bonchev–Trinajstić information content (AvgIpc) is 2.65. The van der Waals surface area contributed by atoms with E-state index in [-0.39, 0.29) is 0 Å². The van der Waals surface area contributed by atoms with Crippen molar-refractivity contribution in [2.45, 2.75) is 20.3 Å². The zero-order chi connectivity index (χ0) is 12.8. The summed E-state index contributed by atoms with van der Waals surface area (Å²) in [4.78, 5) is 20.4. The number of carbonyl (C=O) groups is 1. The number of hydrogen-bond donors (Lipinski definition) is 0. The molecule has 0 spiro atoms. The van der Waals surface area contributed by atoms with Crippen LogP contribution >= 0.6 is 11.3 Å². The van der Waals surface area contributed by atoms with Crippen molar-refractivity contribution < 1.29 is 4.79 Å². The highest BCUT2D eigenvalue weighted by atomic mass is 32.1. The lowest BCUT2D eigenvalue weighted by molar-refractivity contribution is 0.112. The largest absolute Gasteiger partial charge is 0.348 e. The van der Waals surface area contributed by atoms with Crippen LogP contribution in [0.2, 0.25) is 0 Å². The van der Waals surface area contributed by atoms with Crippen LogP contribution in [0.25, 0.3) is 0 Å². The topological polar surface area (TPSA) is 36.4 Å². The number of rotatable bonds is 7. The lowest BCUT2D eigenvalue weighted by Gasteiger charge is -2.20. The molecule has 0 saturated heterocycles. The van der Waals surface area contributed by atoms with E-state index in [1.54, 1.807) is 0 Å². The maximum absolute atomic E-state index is 10.8. The van der Waals surface area contributed by atoms with Crippen LogP contribution in [0.4, 0.5) is 5.13 Å². The molecule has 0 aliphatic rings. The van der Waals surface area contributed by atoms with Crippen molar-refractivity contribution in [1.82, 2.24) is 9.88 Å². The first-order valence-corrected chi connectivity index (χ1v) is 6.72. The highest BCUT2D eigenvalue weighted by Gasteiger charge is 2.12. The van der Waals surface area contributed by atoms with E-state index in [4.69, 9.17) is 0 Å². The minimum atomic E-state index is 0.742. The fourth-order valence-corrected chi connectivity index (χ4v) is 2.58. The van der Waals surface area contributed by atoms with E-state index in [1.807, 2.05) is 6.92 Å². The Kier molecular flexibility index (Phi) is 5.58. The third-order valence-electron chi connectivity index (χ3n) is 2.61. The van der Waals surface area contributed by atoms with Gasteiger partial charge in [0.1, 0.15) is 0 Å². The molecule has 0 aliphatic heterocycles. The number of aryl methyl sites for hydroxylation is 1. The van der Waals surface area contributed by atoms with Crippen molar-refractivity contribution in [1.29, 1.82) is 0 Å². The fraction of sp³-hybridized carbons (Fsp3) is 0.667. The van der Waals surface area contributed by atoms with Gasteiger partial charge in [-0.05, 0) is 40.9 Å². The molecule has 0 amide bonds. The summed E-state index contributed by atoms with van der Waals surface area (Å²) in [6, 6.07) is 0. The highest BCUT2D eigenvalue weighted by molar-refractivity contribution is 7.17. The van der Waals surface area contributed by atoms with Crippen LogP contribution in [0.15, 0.2) is 0 Å². The van der Waals surface area contributed by atoms with E-state index < -0.39 is 0 Å². The molecule has 0 unspecified atom stereocenters. The molecule has 1 aromatic heterocycles. The van der Waals surface area contributed by atoms with Gasteiger partial charge in [-0.3, -0.25) is 4.79 Å². The maximum Gasteiger partial charge on any atom is 0.186 e. The minimum Gasteiger partial charge on any atom is -0.348 e. The van der Waals surface area contributed by atoms with Crippen LogP contribution in [0, 0.1) is 6.92 Å². The van der Waals surface area contributed by atoms with E-state index in [0.717, 1.165) is 48.0 Å². The molecule has 0 fully saturated rings. The van der Waals surface area contributed by atoms with Crippen molar-refractivity contribution >= 4 is 22.8 Å². The van der Waals surface area contributed by atoms with E-state index in [2.05, 4.69) is 35.8 Å². The number of aromatic nitrogens is 1. The molecule has 1 aromatic rings. The number of hydrogen-bond acceptors (Lipinski definition) is 5. The molecule has 0 bridgehead atoms. The Hall–Kier alpha value is -0.940. The molecule has 0 aliphatic carbocycles. The van der Waals surface area contributed by atoms with Crippen LogP contribution in [0.1, 0.15) is 28.7 Å². The van der Waals surface area contributed by atoms with Gasteiger partial charge in [-0.15, -0.1) is 0 Å². The average molecular weight is 255 g/mol. The predicted molar refractivity (Wildman–Crippen MR) is 73.3 cm³/mol. The second-order valence-corrected chi connectivity index (χ2v) is 5.31. The monoisotopic (exact) mass is 255 g/mol. The highest BCUT2D eigenvalue weighted by Crippen LogP contribution is 2.24. The van der Waals surface area contributed by atoms with Gasteiger partial charge in [0.15, 0.2) is 11.4 Å². The van der Waals surface area contributed by atoms with E-state index in [9.17, 15) is 4.79 Å². The Morgan fingerprint density at radius 3 is 2.53 bits per heavy atom. The lowest BCUT2D eigenvalue weighted by atomic mass is 10.3. The first kappa shape index (κ1) is 14.1. The molecule has 5 heteroatoms. The maximum atomic E-state index is 10.8. The molecule has 1 heterocycles. The first-order valence-electron chi connectivity index (χ1n) is 5.90. The SMILES string of the molecule is CCN(CCCN(C)C)c1nc(C)c(C=O)s1. The predicted octanol–water partition coefficient (Wildman–Crippen LogP) is 2.04. The number of carbonyl (C=O) groups excluding carboxylic acids is 1. The third-order valence-corrected chi connectivity index (χ3v) is 3.76. The van der Waals surface area contributed by atoms with Crippen LogP contribution in [-0.2, 0) is 0 Å². The number of anilines is 1. The van der Waals surface area contributed by atoms with Gasteiger partial charge < -0.3 is 9.80 Å². The number of thiazole rings is 1. The van der Waals surface area contributed by atoms with Gasteiger partial charge in [-0.25, -0.2) is 4.98 Å². The molecular weight excluding hydrogens is 234 g/mol. The van der Waals surface area contributed by atoms with Gasteiger partial charge in [0.05, 0.1) is 10.6 Å². The first-order chi connectivity index (χ1) is 8.08. The smallest absolute Gasteiger partial charge is 0.186 e. The Morgan fingerprint density at radius 2 is 2.06 bits per heavy atom. The summed E-state index contributed by atoms with van der Waals surface area (Å²) in [7, 11) is 4.16. The van der Waals surface area contributed by atoms with Crippen LogP contribution in [0.3, 0.4) is 0 Å². The van der Waals surface area contributed by atoms with Crippen molar-refractivity contribution in [3.8, 4) is 0 Å². The zero-order valence-corrected chi connectivity index (χ0v) is 11.9. The third kappa shape index (κ3) is 4.09. The van der Waals surface area contributed by atoms with E-state index >= 15 is 0 Å². The van der Waals surface area contributed by atoms with Gasteiger partial charge in [0.25, 0.3) is 0 Å². The summed E-state index contributed by atoms with van der Waals surface area (Å²) in [5, 5.41) is 0.964. The molecule has 0 N–H and O–H groups in total. The van der Waals surface area contributed by atoms with Crippen LogP contribution in [-0.4, -0.2) is 49.9 Å². The molecule has 1 rings (SSSR count). The van der Waals surface area contributed by atoms with Crippen molar-refractivity contribution in [3.05, 3.63) is 10.6 Å². The Morgan fingerprint density at radius 1 is 1.35 bits per heavy atom. The van der Waals surface area contributed by atoms with Gasteiger partial charge in [0.2, 0.25) is 0 Å². The van der Waals surface area contributed by atoms with Crippen LogP contribution in [0.5, 0.6) is 0 Å². The van der Waals surface area contributed by atoms with Crippen molar-refractivity contribution in [2.75, 3.05) is 38.6 Å². The van der Waals surface area contributed by atoms with Crippen LogP contribution < -0.4 is 4.90 Å². The quantitative estimate of drug-likeness (QED) is 0.699. The molecule has 0 aromatic carbocycles. The standard InChI is InChI=1S/C12H21N3OS/c1-5-15(8-6-7-14(3)4)12-13-10(2)11(9-16)17-12/h9H,5-8H2,1-4H3. The molecule has 96 valence electrons. The summed E-state index contributed by atoms with van der Waals surface area (Å²) < 4.78 is 0. The second-order valence-electron chi connectivity index (χ2n) is 4.30. The second kappa shape index (κ2) is 6.71. The molecule has 0 atom stereocenters. The number of aldehydes is 1. The van der Waals surface area contributed by atoms with Gasteiger partial charge in [-0.1, -0.05) is 11.3 Å². The van der Waals surface area contributed by atoms with E-state index in [0.29, 0.717) is 0 Å². The van der Waals surface area contributed by atoms with E-state index in [1.165, 1.54) is 11.3 Å². The zero-order valence-electron chi connectivity index (χ0n) is 11.1. The van der Waals surface area contributed by atoms with Crippen molar-refractivity contribution in [2.24, 2.45) is 0 Å². The molecule has 0 radical (unpaired) electrons. The molecule has 17 heavy (non-hydrogen) atoms. The lowest BCUT2D eigenvalue weighted by Crippen LogP contribution is -2.26.